The van der Waals surface area contributed by atoms with Gasteiger partial charge >= 0.3 is 0 Å². The highest BCUT2D eigenvalue weighted by atomic mass is 32.1. The van der Waals surface area contributed by atoms with Crippen molar-refractivity contribution in [2.24, 2.45) is 0 Å². The maximum Gasteiger partial charge on any atom is 0.231 e. The Labute approximate surface area is 182 Å². The van der Waals surface area contributed by atoms with Gasteiger partial charge in [-0.2, -0.15) is 5.26 Å². The number of thiazole rings is 1. The lowest BCUT2D eigenvalue weighted by atomic mass is 10.2. The van der Waals surface area contributed by atoms with Crippen LogP contribution in [0.2, 0.25) is 0 Å². The van der Waals surface area contributed by atoms with E-state index in [9.17, 15) is 4.79 Å². The van der Waals surface area contributed by atoms with E-state index in [2.05, 4.69) is 26.2 Å². The van der Waals surface area contributed by atoms with Gasteiger partial charge in [0.25, 0.3) is 0 Å². The Balaban J connectivity index is 1.49. The second kappa shape index (κ2) is 11.8. The van der Waals surface area contributed by atoms with Gasteiger partial charge < -0.3 is 10.1 Å². The summed E-state index contributed by atoms with van der Waals surface area (Å²) in [5.74, 6) is -0.0617. The van der Waals surface area contributed by atoms with Crippen LogP contribution in [0.5, 0.6) is 0 Å². The highest BCUT2D eigenvalue weighted by Crippen LogP contribution is 2.15. The van der Waals surface area contributed by atoms with Crippen molar-refractivity contribution in [3.05, 3.63) is 45.9 Å². The van der Waals surface area contributed by atoms with Gasteiger partial charge in [0.05, 0.1) is 31.4 Å². The molecule has 7 nitrogen and oxygen atoms in total. The standard InChI is InChI=1S/C22H29N5O2S/c1-18-3-5-19(6-4-18)24-21(28)15-22-25-20(17-30-22)16-27(8-2-7-23)10-9-26-11-13-29-14-12-26/h3-6,17H,2,8-16H2,1H3,(H,24,28). The third-order valence-corrected chi connectivity index (χ3v) is 5.91. The average Bonchev–Trinajstić information content (AvgIpc) is 3.19. The minimum absolute atomic E-state index is 0.0617. The molecule has 0 spiro atoms. The number of morpholine rings is 1. The van der Waals surface area contributed by atoms with Crippen molar-refractivity contribution >= 4 is 22.9 Å². The third-order valence-electron chi connectivity index (χ3n) is 5.01. The minimum Gasteiger partial charge on any atom is -0.379 e. The van der Waals surface area contributed by atoms with Gasteiger partial charge in [-0.15, -0.1) is 11.3 Å². The zero-order valence-corrected chi connectivity index (χ0v) is 18.3. The van der Waals surface area contributed by atoms with Gasteiger partial charge in [0.1, 0.15) is 5.01 Å². The third kappa shape index (κ3) is 7.50. The maximum absolute atomic E-state index is 12.3. The second-order valence-corrected chi connectivity index (χ2v) is 8.40. The van der Waals surface area contributed by atoms with E-state index in [0.29, 0.717) is 13.0 Å². The van der Waals surface area contributed by atoms with E-state index in [4.69, 9.17) is 10.00 Å². The van der Waals surface area contributed by atoms with Gasteiger partial charge in [-0.25, -0.2) is 4.98 Å². The zero-order chi connectivity index (χ0) is 21.2. The van der Waals surface area contributed by atoms with E-state index >= 15 is 0 Å². The summed E-state index contributed by atoms with van der Waals surface area (Å²) in [5, 5.41) is 14.7. The summed E-state index contributed by atoms with van der Waals surface area (Å²) in [5.41, 5.74) is 2.92. The average molecular weight is 428 g/mol. The number of hydrogen-bond donors (Lipinski definition) is 1. The first-order valence-corrected chi connectivity index (χ1v) is 11.2. The van der Waals surface area contributed by atoms with Gasteiger partial charge in [-0.1, -0.05) is 17.7 Å². The van der Waals surface area contributed by atoms with Crippen LogP contribution >= 0.6 is 11.3 Å². The topological polar surface area (TPSA) is 81.5 Å². The Morgan fingerprint density at radius 3 is 2.80 bits per heavy atom. The first kappa shape index (κ1) is 22.4. The lowest BCUT2D eigenvalue weighted by Gasteiger charge is -2.29. The fraction of sp³-hybridized carbons (Fsp3) is 0.500. The van der Waals surface area contributed by atoms with Crippen LogP contribution in [0.25, 0.3) is 0 Å². The van der Waals surface area contributed by atoms with Crippen LogP contribution in [0, 0.1) is 18.3 Å². The molecule has 3 rings (SSSR count). The largest absolute Gasteiger partial charge is 0.379 e. The van der Waals surface area contributed by atoms with Crippen LogP contribution in [0.15, 0.2) is 29.6 Å². The number of carbonyl (C=O) groups excluding carboxylic acids is 1. The number of hydrogen-bond acceptors (Lipinski definition) is 7. The number of rotatable bonds is 10. The predicted molar refractivity (Wildman–Crippen MR) is 118 cm³/mol. The van der Waals surface area contributed by atoms with Crippen LogP contribution in [0.3, 0.4) is 0 Å². The molecule has 1 aromatic heterocycles. The summed E-state index contributed by atoms with van der Waals surface area (Å²) >= 11 is 1.51. The van der Waals surface area contributed by atoms with E-state index < -0.39 is 0 Å². The number of amides is 1. The molecule has 0 atom stereocenters. The molecule has 0 radical (unpaired) electrons. The van der Waals surface area contributed by atoms with Crippen molar-refractivity contribution in [2.45, 2.75) is 26.3 Å². The fourth-order valence-corrected chi connectivity index (χ4v) is 4.08. The summed E-state index contributed by atoms with van der Waals surface area (Å²) in [6.45, 7) is 8.79. The summed E-state index contributed by atoms with van der Waals surface area (Å²) in [6.07, 6.45) is 0.767. The minimum atomic E-state index is -0.0617. The molecule has 2 heterocycles. The Morgan fingerprint density at radius 2 is 2.07 bits per heavy atom. The highest BCUT2D eigenvalue weighted by molar-refractivity contribution is 7.09. The molecule has 1 N–H and O–H groups in total. The number of anilines is 1. The number of carbonyl (C=O) groups is 1. The summed E-state index contributed by atoms with van der Waals surface area (Å²) in [4.78, 5) is 21.6. The van der Waals surface area contributed by atoms with Crippen molar-refractivity contribution in [3.63, 3.8) is 0 Å². The molecule has 30 heavy (non-hydrogen) atoms. The molecule has 160 valence electrons. The molecule has 8 heteroatoms. The number of ether oxygens (including phenoxy) is 1. The number of nitrogens with one attached hydrogen (secondary N) is 1. The summed E-state index contributed by atoms with van der Waals surface area (Å²) < 4.78 is 5.40. The molecule has 0 unspecified atom stereocenters. The van der Waals surface area contributed by atoms with Crippen molar-refractivity contribution in [1.29, 1.82) is 5.26 Å². The van der Waals surface area contributed by atoms with E-state index in [1.165, 1.54) is 11.3 Å². The fourth-order valence-electron chi connectivity index (χ4n) is 3.30. The number of nitrogens with zero attached hydrogens (tertiary/aromatic N) is 4. The Kier molecular flexibility index (Phi) is 8.78. The maximum atomic E-state index is 12.3. The quantitative estimate of drug-likeness (QED) is 0.628. The van der Waals surface area contributed by atoms with E-state index in [0.717, 1.165) is 67.9 Å². The molecule has 1 amide bonds. The first-order valence-electron chi connectivity index (χ1n) is 10.3. The lowest BCUT2D eigenvalue weighted by Crippen LogP contribution is -2.41. The molecule has 1 saturated heterocycles. The molecule has 1 aromatic carbocycles. The van der Waals surface area contributed by atoms with Gasteiger partial charge in [0, 0.05) is 56.8 Å². The van der Waals surface area contributed by atoms with Gasteiger partial charge in [-0.05, 0) is 19.1 Å². The molecule has 0 bridgehead atoms. The predicted octanol–water partition coefficient (Wildman–Crippen LogP) is 2.68. The Hall–Kier alpha value is -2.31. The highest BCUT2D eigenvalue weighted by Gasteiger charge is 2.15. The molecular formula is C22H29N5O2S. The van der Waals surface area contributed by atoms with Gasteiger partial charge in [0.15, 0.2) is 0 Å². The van der Waals surface area contributed by atoms with Gasteiger partial charge in [-0.3, -0.25) is 14.6 Å². The van der Waals surface area contributed by atoms with Crippen LogP contribution < -0.4 is 5.32 Å². The molecule has 2 aromatic rings. The second-order valence-electron chi connectivity index (χ2n) is 7.46. The first-order chi connectivity index (χ1) is 14.6. The van der Waals surface area contributed by atoms with E-state index in [-0.39, 0.29) is 12.3 Å². The summed E-state index contributed by atoms with van der Waals surface area (Å²) in [7, 11) is 0. The normalized spacial score (nSPS) is 14.6. The van der Waals surface area contributed by atoms with Crippen LogP contribution in [0.1, 0.15) is 22.7 Å². The number of aromatic nitrogens is 1. The van der Waals surface area contributed by atoms with Crippen molar-refractivity contribution in [1.82, 2.24) is 14.8 Å². The smallest absolute Gasteiger partial charge is 0.231 e. The van der Waals surface area contributed by atoms with E-state index in [1.54, 1.807) is 0 Å². The molecule has 1 aliphatic rings. The number of benzene rings is 1. The van der Waals surface area contributed by atoms with Crippen LogP contribution in [-0.4, -0.2) is 66.6 Å². The molecule has 1 fully saturated rings. The molecular weight excluding hydrogens is 398 g/mol. The van der Waals surface area contributed by atoms with Crippen molar-refractivity contribution in [3.8, 4) is 6.07 Å². The lowest BCUT2D eigenvalue weighted by molar-refractivity contribution is -0.115. The molecule has 0 saturated carbocycles. The van der Waals surface area contributed by atoms with Crippen LogP contribution in [-0.2, 0) is 22.5 Å². The monoisotopic (exact) mass is 427 g/mol. The zero-order valence-electron chi connectivity index (χ0n) is 17.5. The summed E-state index contributed by atoms with van der Waals surface area (Å²) in [6, 6.07) is 10.00. The van der Waals surface area contributed by atoms with E-state index in [1.807, 2.05) is 36.6 Å². The SMILES string of the molecule is Cc1ccc(NC(=O)Cc2nc(CN(CCC#N)CCN3CCOCC3)cs2)cc1. The molecule has 0 aliphatic carbocycles. The Morgan fingerprint density at radius 1 is 1.30 bits per heavy atom. The van der Waals surface area contributed by atoms with Gasteiger partial charge in [0.2, 0.25) is 5.91 Å². The molecule has 1 aliphatic heterocycles. The Bertz CT molecular complexity index is 840. The van der Waals surface area contributed by atoms with Crippen molar-refractivity contribution < 1.29 is 9.53 Å². The number of nitriles is 1. The van der Waals surface area contributed by atoms with Crippen molar-refractivity contribution in [2.75, 3.05) is 51.3 Å². The number of aryl methyl sites for hydroxylation is 1. The van der Waals surface area contributed by atoms with Crippen LogP contribution in [0.4, 0.5) is 5.69 Å².